The number of nitrogens with zero attached hydrogens (tertiary/aromatic N) is 5. The van der Waals surface area contributed by atoms with Crippen molar-refractivity contribution in [1.29, 1.82) is 0 Å². The topological polar surface area (TPSA) is 82.8 Å². The van der Waals surface area contributed by atoms with Gasteiger partial charge in [-0.2, -0.15) is 0 Å². The average Bonchev–Trinajstić information content (AvgIpc) is 3.19. The van der Waals surface area contributed by atoms with Crippen molar-refractivity contribution in [1.82, 2.24) is 25.2 Å². The molecule has 2 aromatic heterocycles. The van der Waals surface area contributed by atoms with Gasteiger partial charge in [-0.1, -0.05) is 19.1 Å². The molecule has 0 spiro atoms. The lowest BCUT2D eigenvalue weighted by Crippen LogP contribution is -2.10. The number of hydrogen-bond acceptors (Lipinski definition) is 7. The SMILES string of the molecule is CCCn1nnnc1COC(=O)CCCc1nc2ccccc2s1. The summed E-state index contributed by atoms with van der Waals surface area (Å²) in [6.07, 6.45) is 2.79. The molecule has 0 saturated heterocycles. The molecule has 126 valence electrons. The highest BCUT2D eigenvalue weighted by molar-refractivity contribution is 7.18. The van der Waals surface area contributed by atoms with Crippen LogP contribution in [-0.2, 0) is 29.1 Å². The molecular weight excluding hydrogens is 326 g/mol. The minimum absolute atomic E-state index is 0.118. The van der Waals surface area contributed by atoms with Gasteiger partial charge in [-0.3, -0.25) is 4.79 Å². The van der Waals surface area contributed by atoms with Crippen LogP contribution in [-0.4, -0.2) is 31.2 Å². The molecule has 24 heavy (non-hydrogen) atoms. The van der Waals surface area contributed by atoms with Gasteiger partial charge in [-0.25, -0.2) is 9.67 Å². The van der Waals surface area contributed by atoms with Crippen LogP contribution < -0.4 is 0 Å². The van der Waals surface area contributed by atoms with Crippen LogP contribution in [0.2, 0.25) is 0 Å². The van der Waals surface area contributed by atoms with Gasteiger partial charge in [0.05, 0.1) is 15.2 Å². The van der Waals surface area contributed by atoms with E-state index in [1.807, 2.05) is 25.1 Å². The number of carbonyl (C=O) groups excluding carboxylic acids is 1. The normalized spacial score (nSPS) is 11.0. The van der Waals surface area contributed by atoms with Crippen molar-refractivity contribution in [3.05, 3.63) is 35.1 Å². The molecule has 0 aliphatic carbocycles. The Bertz CT molecular complexity index is 781. The van der Waals surface area contributed by atoms with E-state index in [4.69, 9.17) is 4.74 Å². The number of benzene rings is 1. The number of esters is 1. The summed E-state index contributed by atoms with van der Waals surface area (Å²) in [6.45, 7) is 2.88. The number of thiazole rings is 1. The highest BCUT2D eigenvalue weighted by atomic mass is 32.1. The van der Waals surface area contributed by atoms with E-state index in [1.165, 1.54) is 4.70 Å². The molecule has 2 heterocycles. The maximum atomic E-state index is 11.9. The smallest absolute Gasteiger partial charge is 0.306 e. The average molecular weight is 345 g/mol. The molecule has 0 unspecified atom stereocenters. The Balaban J connectivity index is 1.43. The summed E-state index contributed by atoms with van der Waals surface area (Å²) in [5.74, 6) is 0.346. The van der Waals surface area contributed by atoms with Gasteiger partial charge in [-0.15, -0.1) is 16.4 Å². The third kappa shape index (κ3) is 4.14. The standard InChI is InChI=1S/C16H19N5O2S/c1-2-10-21-14(18-19-20-21)11-23-16(22)9-5-8-15-17-12-6-3-4-7-13(12)24-15/h3-4,6-7H,2,5,8-11H2,1H3. The van der Waals surface area contributed by atoms with Crippen molar-refractivity contribution >= 4 is 27.5 Å². The zero-order chi connectivity index (χ0) is 16.8. The van der Waals surface area contributed by atoms with Crippen molar-refractivity contribution in [2.24, 2.45) is 0 Å². The Kier molecular flexibility index (Phi) is 5.47. The minimum Gasteiger partial charge on any atom is -0.457 e. The van der Waals surface area contributed by atoms with E-state index >= 15 is 0 Å². The number of rotatable bonds is 8. The molecule has 0 fully saturated rings. The van der Waals surface area contributed by atoms with Gasteiger partial charge in [0.15, 0.2) is 12.4 Å². The number of tetrazole rings is 1. The predicted molar refractivity (Wildman–Crippen MR) is 90.5 cm³/mol. The summed E-state index contributed by atoms with van der Waals surface area (Å²) in [6, 6.07) is 8.05. The summed E-state index contributed by atoms with van der Waals surface area (Å²) in [5, 5.41) is 12.4. The fourth-order valence-corrected chi connectivity index (χ4v) is 3.35. The van der Waals surface area contributed by atoms with E-state index in [0.29, 0.717) is 12.2 Å². The van der Waals surface area contributed by atoms with Gasteiger partial charge >= 0.3 is 5.97 Å². The number of fused-ring (bicyclic) bond motifs is 1. The van der Waals surface area contributed by atoms with E-state index in [9.17, 15) is 4.79 Å². The molecule has 0 aliphatic heterocycles. The molecule has 0 radical (unpaired) electrons. The van der Waals surface area contributed by atoms with Gasteiger partial charge in [0.25, 0.3) is 0 Å². The number of aryl methyl sites for hydroxylation is 2. The molecule has 3 aromatic rings. The Labute approximate surface area is 143 Å². The van der Waals surface area contributed by atoms with Crippen LogP contribution >= 0.6 is 11.3 Å². The Morgan fingerprint density at radius 3 is 3.04 bits per heavy atom. The Hall–Kier alpha value is -2.35. The van der Waals surface area contributed by atoms with Crippen LogP contribution in [0.3, 0.4) is 0 Å². The molecule has 3 rings (SSSR count). The largest absolute Gasteiger partial charge is 0.457 e. The third-order valence-corrected chi connectivity index (χ3v) is 4.61. The third-order valence-electron chi connectivity index (χ3n) is 3.51. The lowest BCUT2D eigenvalue weighted by atomic mass is 10.2. The van der Waals surface area contributed by atoms with Gasteiger partial charge < -0.3 is 4.74 Å². The zero-order valence-electron chi connectivity index (χ0n) is 13.5. The van der Waals surface area contributed by atoms with Crippen LogP contribution in [0.15, 0.2) is 24.3 Å². The monoisotopic (exact) mass is 345 g/mol. The summed E-state index contributed by atoms with van der Waals surface area (Å²) in [5.41, 5.74) is 1.02. The molecule has 0 bridgehead atoms. The van der Waals surface area contributed by atoms with Crippen LogP contribution in [0.4, 0.5) is 0 Å². The van der Waals surface area contributed by atoms with Crippen LogP contribution in [0.5, 0.6) is 0 Å². The summed E-state index contributed by atoms with van der Waals surface area (Å²) < 4.78 is 8.09. The summed E-state index contributed by atoms with van der Waals surface area (Å²) in [4.78, 5) is 16.4. The van der Waals surface area contributed by atoms with Crippen molar-refractivity contribution in [3.8, 4) is 0 Å². The maximum Gasteiger partial charge on any atom is 0.306 e. The fraction of sp³-hybridized carbons (Fsp3) is 0.438. The Morgan fingerprint density at radius 1 is 1.33 bits per heavy atom. The summed E-state index contributed by atoms with van der Waals surface area (Å²) in [7, 11) is 0. The van der Waals surface area contributed by atoms with Gasteiger partial charge in [-0.05, 0) is 41.8 Å². The number of ether oxygens (including phenoxy) is 1. The first-order valence-electron chi connectivity index (χ1n) is 8.01. The highest BCUT2D eigenvalue weighted by Gasteiger charge is 2.10. The number of hydrogen-bond donors (Lipinski definition) is 0. The van der Waals surface area contributed by atoms with Crippen LogP contribution in [0, 0.1) is 0 Å². The molecule has 0 saturated carbocycles. The second-order valence-corrected chi connectivity index (χ2v) is 6.52. The molecule has 0 N–H and O–H groups in total. The Morgan fingerprint density at radius 2 is 2.21 bits per heavy atom. The first kappa shape index (κ1) is 16.5. The van der Waals surface area contributed by atoms with Crippen LogP contribution in [0.1, 0.15) is 37.0 Å². The summed E-state index contributed by atoms with van der Waals surface area (Å²) >= 11 is 1.67. The minimum atomic E-state index is -0.234. The van der Waals surface area contributed by atoms with E-state index in [-0.39, 0.29) is 12.6 Å². The lowest BCUT2D eigenvalue weighted by molar-refractivity contribution is -0.145. The van der Waals surface area contributed by atoms with Crippen LogP contribution in [0.25, 0.3) is 10.2 Å². The number of aromatic nitrogens is 5. The second kappa shape index (κ2) is 7.96. The van der Waals surface area contributed by atoms with E-state index in [0.717, 1.165) is 36.3 Å². The first-order chi connectivity index (χ1) is 11.8. The molecule has 0 amide bonds. The highest BCUT2D eigenvalue weighted by Crippen LogP contribution is 2.22. The predicted octanol–water partition coefficient (Wildman–Crippen LogP) is 2.76. The molecular formula is C16H19N5O2S. The van der Waals surface area contributed by atoms with Gasteiger partial charge in [0.1, 0.15) is 0 Å². The number of para-hydroxylation sites is 1. The van der Waals surface area contributed by atoms with Crippen molar-refractivity contribution in [3.63, 3.8) is 0 Å². The lowest BCUT2D eigenvalue weighted by Gasteiger charge is -2.04. The maximum absolute atomic E-state index is 11.9. The first-order valence-corrected chi connectivity index (χ1v) is 8.83. The fourth-order valence-electron chi connectivity index (χ4n) is 2.34. The van der Waals surface area contributed by atoms with Crippen molar-refractivity contribution in [2.75, 3.05) is 0 Å². The van der Waals surface area contributed by atoms with Crippen molar-refractivity contribution in [2.45, 2.75) is 45.8 Å². The second-order valence-electron chi connectivity index (χ2n) is 5.41. The van der Waals surface area contributed by atoms with E-state index < -0.39 is 0 Å². The number of carbonyl (C=O) groups is 1. The van der Waals surface area contributed by atoms with Crippen molar-refractivity contribution < 1.29 is 9.53 Å². The van der Waals surface area contributed by atoms with Gasteiger partial charge in [0, 0.05) is 13.0 Å². The van der Waals surface area contributed by atoms with Gasteiger partial charge in [0.2, 0.25) is 0 Å². The molecule has 7 nitrogen and oxygen atoms in total. The quantitative estimate of drug-likeness (QED) is 0.584. The zero-order valence-corrected chi connectivity index (χ0v) is 14.3. The van der Waals surface area contributed by atoms with E-state index in [2.05, 4.69) is 26.6 Å². The molecule has 0 aliphatic rings. The molecule has 0 atom stereocenters. The molecule has 8 heteroatoms. The van der Waals surface area contributed by atoms with E-state index in [1.54, 1.807) is 16.0 Å². The molecule has 1 aromatic carbocycles.